The van der Waals surface area contributed by atoms with Crippen molar-refractivity contribution in [1.29, 1.82) is 0 Å². The molecule has 2 heterocycles. The normalized spacial score (nSPS) is 28.6. The van der Waals surface area contributed by atoms with Crippen molar-refractivity contribution >= 4 is 6.29 Å². The third kappa shape index (κ3) is 2.64. The molecule has 2 fully saturated rings. The van der Waals surface area contributed by atoms with Gasteiger partial charge in [-0.1, -0.05) is 29.8 Å². The van der Waals surface area contributed by atoms with Crippen LogP contribution in [-0.4, -0.2) is 43.2 Å². The van der Waals surface area contributed by atoms with Gasteiger partial charge < -0.3 is 10.1 Å². The van der Waals surface area contributed by atoms with Crippen LogP contribution in [0.4, 0.5) is 0 Å². The zero-order valence-corrected chi connectivity index (χ0v) is 11.9. The first-order chi connectivity index (χ1) is 9.79. The molecule has 0 amide bonds. The van der Waals surface area contributed by atoms with Crippen LogP contribution in [0.3, 0.4) is 0 Å². The summed E-state index contributed by atoms with van der Waals surface area (Å²) in [6.07, 6.45) is 2.72. The van der Waals surface area contributed by atoms with Gasteiger partial charge in [-0.25, -0.2) is 0 Å². The largest absolute Gasteiger partial charge is 0.354 e. The Kier molecular flexibility index (Phi) is 4.15. The number of carbonyl (C=O) groups is 1. The first-order valence-electron chi connectivity index (χ1n) is 7.41. The molecule has 1 aromatic carbocycles. The number of nitrogens with one attached hydrogen (secondary N) is 1. The van der Waals surface area contributed by atoms with Crippen molar-refractivity contribution in [2.45, 2.75) is 38.1 Å². The van der Waals surface area contributed by atoms with Crippen molar-refractivity contribution in [3.63, 3.8) is 0 Å². The molecule has 4 nitrogen and oxygen atoms in total. The second kappa shape index (κ2) is 6.04. The Morgan fingerprint density at radius 3 is 2.85 bits per heavy atom. The summed E-state index contributed by atoms with van der Waals surface area (Å²) >= 11 is 0. The van der Waals surface area contributed by atoms with Crippen LogP contribution < -0.4 is 5.32 Å². The van der Waals surface area contributed by atoms with Gasteiger partial charge in [-0.15, -0.1) is 0 Å². The minimum atomic E-state index is -0.386. The molecule has 0 aromatic heterocycles. The molecular formula is C16H22N2O2. The van der Waals surface area contributed by atoms with Crippen molar-refractivity contribution in [2.75, 3.05) is 19.7 Å². The standard InChI is InChI=1S/C16H22N2O2/c1-12-3-2-4-13(9-12)15-11-20-16(10-19)18(15)14-5-7-17-8-6-14/h2-4,9-10,14-17H,5-8,11H2,1H3. The second-order valence-electron chi connectivity index (χ2n) is 5.72. The molecule has 2 unspecified atom stereocenters. The summed E-state index contributed by atoms with van der Waals surface area (Å²) in [5.41, 5.74) is 2.51. The molecule has 108 valence electrons. The Bertz CT molecular complexity index is 471. The number of hydrogen-bond donors (Lipinski definition) is 1. The Morgan fingerprint density at radius 1 is 1.35 bits per heavy atom. The summed E-state index contributed by atoms with van der Waals surface area (Å²) in [5.74, 6) is 0. The number of piperidine rings is 1. The number of hydrogen-bond acceptors (Lipinski definition) is 4. The van der Waals surface area contributed by atoms with E-state index in [1.807, 2.05) is 0 Å². The zero-order chi connectivity index (χ0) is 13.9. The highest BCUT2D eigenvalue weighted by Gasteiger charge is 2.39. The highest BCUT2D eigenvalue weighted by molar-refractivity contribution is 5.56. The van der Waals surface area contributed by atoms with Gasteiger partial charge in [0, 0.05) is 6.04 Å². The molecule has 0 aliphatic carbocycles. The van der Waals surface area contributed by atoms with Crippen molar-refractivity contribution in [2.24, 2.45) is 0 Å². The summed E-state index contributed by atoms with van der Waals surface area (Å²) in [4.78, 5) is 13.6. The molecule has 2 aliphatic rings. The summed E-state index contributed by atoms with van der Waals surface area (Å²) in [6, 6.07) is 9.16. The van der Waals surface area contributed by atoms with E-state index >= 15 is 0 Å². The summed E-state index contributed by atoms with van der Waals surface area (Å²) in [5, 5.41) is 3.38. The van der Waals surface area contributed by atoms with E-state index in [1.165, 1.54) is 11.1 Å². The third-order valence-corrected chi connectivity index (χ3v) is 4.35. The maximum absolute atomic E-state index is 11.3. The van der Waals surface area contributed by atoms with Gasteiger partial charge in [0.2, 0.25) is 0 Å². The van der Waals surface area contributed by atoms with Gasteiger partial charge in [0.1, 0.15) is 0 Å². The van der Waals surface area contributed by atoms with E-state index in [0.717, 1.165) is 32.2 Å². The van der Waals surface area contributed by atoms with Crippen molar-refractivity contribution in [3.05, 3.63) is 35.4 Å². The van der Waals surface area contributed by atoms with Crippen LogP contribution >= 0.6 is 0 Å². The van der Waals surface area contributed by atoms with Gasteiger partial charge in [0.05, 0.1) is 12.6 Å². The number of ether oxygens (including phenoxy) is 1. The molecule has 0 saturated carbocycles. The van der Waals surface area contributed by atoms with Crippen LogP contribution in [0.2, 0.25) is 0 Å². The maximum Gasteiger partial charge on any atom is 0.167 e. The predicted octanol–water partition coefficient (Wildman–Crippen LogP) is 1.65. The first-order valence-corrected chi connectivity index (χ1v) is 7.41. The second-order valence-corrected chi connectivity index (χ2v) is 5.72. The fourth-order valence-electron chi connectivity index (χ4n) is 3.36. The van der Waals surface area contributed by atoms with E-state index in [1.54, 1.807) is 0 Å². The van der Waals surface area contributed by atoms with E-state index < -0.39 is 0 Å². The van der Waals surface area contributed by atoms with E-state index in [-0.39, 0.29) is 12.3 Å². The van der Waals surface area contributed by atoms with Crippen LogP contribution in [0.5, 0.6) is 0 Å². The molecule has 0 spiro atoms. The number of aldehydes is 1. The lowest BCUT2D eigenvalue weighted by Crippen LogP contribution is -2.47. The van der Waals surface area contributed by atoms with Crippen LogP contribution in [0.15, 0.2) is 24.3 Å². The molecule has 4 heteroatoms. The van der Waals surface area contributed by atoms with Gasteiger partial charge in [-0.2, -0.15) is 0 Å². The van der Waals surface area contributed by atoms with Crippen LogP contribution in [-0.2, 0) is 9.53 Å². The number of nitrogens with zero attached hydrogens (tertiary/aromatic N) is 1. The number of rotatable bonds is 3. The van der Waals surface area contributed by atoms with Gasteiger partial charge >= 0.3 is 0 Å². The summed E-state index contributed by atoms with van der Waals surface area (Å²) < 4.78 is 5.71. The minimum absolute atomic E-state index is 0.202. The Labute approximate surface area is 120 Å². The molecule has 2 aliphatic heterocycles. The average molecular weight is 274 g/mol. The zero-order valence-electron chi connectivity index (χ0n) is 11.9. The SMILES string of the molecule is Cc1cccc(C2COC(C=O)N2C2CCNCC2)c1. The average Bonchev–Trinajstić information content (AvgIpc) is 2.92. The fourth-order valence-corrected chi connectivity index (χ4v) is 3.36. The lowest BCUT2D eigenvalue weighted by molar-refractivity contribution is -0.123. The van der Waals surface area contributed by atoms with Gasteiger partial charge in [-0.05, 0) is 38.4 Å². The van der Waals surface area contributed by atoms with Crippen molar-refractivity contribution < 1.29 is 9.53 Å². The van der Waals surface area contributed by atoms with Crippen molar-refractivity contribution in [3.8, 4) is 0 Å². The van der Waals surface area contributed by atoms with Crippen LogP contribution in [0.1, 0.15) is 30.0 Å². The van der Waals surface area contributed by atoms with Crippen LogP contribution in [0, 0.1) is 6.92 Å². The Balaban J connectivity index is 1.86. The molecule has 2 atom stereocenters. The molecular weight excluding hydrogens is 252 g/mol. The Morgan fingerprint density at radius 2 is 2.15 bits per heavy atom. The lowest BCUT2D eigenvalue weighted by atomic mass is 9.98. The van der Waals surface area contributed by atoms with Gasteiger partial charge in [-0.3, -0.25) is 9.69 Å². The highest BCUT2D eigenvalue weighted by Crippen LogP contribution is 2.34. The van der Waals surface area contributed by atoms with Gasteiger partial charge in [0.25, 0.3) is 0 Å². The lowest BCUT2D eigenvalue weighted by Gasteiger charge is -2.36. The summed E-state index contributed by atoms with van der Waals surface area (Å²) in [7, 11) is 0. The smallest absolute Gasteiger partial charge is 0.167 e. The molecule has 0 radical (unpaired) electrons. The number of benzene rings is 1. The van der Waals surface area contributed by atoms with Crippen LogP contribution in [0.25, 0.3) is 0 Å². The quantitative estimate of drug-likeness (QED) is 0.851. The van der Waals surface area contributed by atoms with Crippen molar-refractivity contribution in [1.82, 2.24) is 10.2 Å². The highest BCUT2D eigenvalue weighted by atomic mass is 16.5. The monoisotopic (exact) mass is 274 g/mol. The predicted molar refractivity (Wildman–Crippen MR) is 77.5 cm³/mol. The topological polar surface area (TPSA) is 41.6 Å². The summed E-state index contributed by atoms with van der Waals surface area (Å²) in [6.45, 7) is 4.75. The molecule has 2 saturated heterocycles. The Hall–Kier alpha value is -1.23. The molecule has 3 rings (SSSR count). The van der Waals surface area contributed by atoms with Gasteiger partial charge in [0.15, 0.2) is 12.5 Å². The number of aryl methyl sites for hydroxylation is 1. The maximum atomic E-state index is 11.3. The first kappa shape index (κ1) is 13.7. The third-order valence-electron chi connectivity index (χ3n) is 4.35. The van der Waals surface area contributed by atoms with E-state index in [9.17, 15) is 4.79 Å². The van der Waals surface area contributed by atoms with E-state index in [2.05, 4.69) is 41.4 Å². The molecule has 0 bridgehead atoms. The fraction of sp³-hybridized carbons (Fsp3) is 0.562. The molecule has 20 heavy (non-hydrogen) atoms. The van der Waals surface area contributed by atoms with E-state index in [4.69, 9.17) is 4.74 Å². The number of carbonyl (C=O) groups excluding carboxylic acids is 1. The minimum Gasteiger partial charge on any atom is -0.354 e. The molecule has 1 aromatic rings. The van der Waals surface area contributed by atoms with E-state index in [0.29, 0.717) is 12.6 Å². The molecule has 1 N–H and O–H groups in total.